The van der Waals surface area contributed by atoms with Crippen LogP contribution in [0.15, 0.2) is 66.6 Å². The Morgan fingerprint density at radius 1 is 1.03 bits per heavy atom. The summed E-state index contributed by atoms with van der Waals surface area (Å²) in [6, 6.07) is 9.53. The summed E-state index contributed by atoms with van der Waals surface area (Å²) in [5.41, 5.74) is 1.04. The Hall–Kier alpha value is -3.59. The second-order valence-electron chi connectivity index (χ2n) is 7.81. The Morgan fingerprint density at radius 3 is 2.42 bits per heavy atom. The maximum atomic E-state index is 13.5. The Balaban J connectivity index is 1.63. The molecule has 0 bridgehead atoms. The molecule has 8 nitrogen and oxygen atoms in total. The molecule has 0 radical (unpaired) electrons. The Morgan fingerprint density at radius 2 is 1.79 bits per heavy atom. The molecule has 3 aromatic heterocycles. The SMILES string of the molecule is O=C(NCC(=O)N(c1cccnc1)C(C(=O)NC1CCCC1)c1cccnc1)c1cccs1. The first-order chi connectivity index (χ1) is 16.1. The van der Waals surface area contributed by atoms with Gasteiger partial charge in [-0.05, 0) is 42.5 Å². The average Bonchev–Trinajstić information content (AvgIpc) is 3.56. The van der Waals surface area contributed by atoms with Crippen molar-refractivity contribution < 1.29 is 14.4 Å². The lowest BCUT2D eigenvalue weighted by Crippen LogP contribution is -2.49. The van der Waals surface area contributed by atoms with Gasteiger partial charge in [-0.1, -0.05) is 25.0 Å². The molecule has 3 aromatic rings. The van der Waals surface area contributed by atoms with Crippen LogP contribution in [0.1, 0.15) is 47.0 Å². The van der Waals surface area contributed by atoms with E-state index in [1.54, 1.807) is 60.4 Å². The van der Waals surface area contributed by atoms with Gasteiger partial charge in [-0.3, -0.25) is 29.3 Å². The fraction of sp³-hybridized carbons (Fsp3) is 0.292. The van der Waals surface area contributed by atoms with E-state index in [2.05, 4.69) is 20.6 Å². The largest absolute Gasteiger partial charge is 0.351 e. The lowest BCUT2D eigenvalue weighted by molar-refractivity contribution is -0.126. The van der Waals surface area contributed by atoms with E-state index in [-0.39, 0.29) is 24.4 Å². The van der Waals surface area contributed by atoms with E-state index in [1.807, 2.05) is 0 Å². The number of hydrogen-bond acceptors (Lipinski definition) is 6. The highest BCUT2D eigenvalue weighted by atomic mass is 32.1. The third-order valence-corrected chi connectivity index (χ3v) is 6.41. The van der Waals surface area contributed by atoms with Crippen molar-refractivity contribution in [2.45, 2.75) is 37.8 Å². The summed E-state index contributed by atoms with van der Waals surface area (Å²) in [5.74, 6) is -1.04. The first kappa shape index (κ1) is 22.6. The number of carbonyl (C=O) groups is 3. The molecule has 1 aliphatic rings. The highest BCUT2D eigenvalue weighted by Crippen LogP contribution is 2.28. The normalized spacial score (nSPS) is 14.4. The highest BCUT2D eigenvalue weighted by molar-refractivity contribution is 7.12. The zero-order valence-electron chi connectivity index (χ0n) is 18.0. The molecule has 1 fully saturated rings. The number of anilines is 1. The highest BCUT2D eigenvalue weighted by Gasteiger charge is 2.34. The van der Waals surface area contributed by atoms with Crippen molar-refractivity contribution in [1.82, 2.24) is 20.6 Å². The van der Waals surface area contributed by atoms with Crippen LogP contribution in [-0.2, 0) is 9.59 Å². The van der Waals surface area contributed by atoms with Crippen LogP contribution in [0.4, 0.5) is 5.69 Å². The minimum atomic E-state index is -0.949. The summed E-state index contributed by atoms with van der Waals surface area (Å²) in [6.45, 7) is -0.265. The standard InChI is InChI=1S/C24H25N5O3S/c30-21(16-27-23(31)20-10-5-13-33-20)29(19-9-4-12-26-15-19)22(17-6-3-11-25-14-17)24(32)28-18-7-1-2-8-18/h3-6,9-15,18,22H,1-2,7-8,16H2,(H,27,31)(H,28,32). The molecular formula is C24H25N5O3S. The monoisotopic (exact) mass is 463 g/mol. The number of hydrogen-bond donors (Lipinski definition) is 2. The van der Waals surface area contributed by atoms with Crippen LogP contribution in [0.3, 0.4) is 0 Å². The first-order valence-corrected chi connectivity index (χ1v) is 11.8. The zero-order valence-corrected chi connectivity index (χ0v) is 18.8. The number of pyridine rings is 2. The molecule has 1 aliphatic carbocycles. The number of rotatable bonds is 8. The molecule has 3 amide bonds. The van der Waals surface area contributed by atoms with E-state index in [0.717, 1.165) is 25.7 Å². The molecule has 0 spiro atoms. The summed E-state index contributed by atoms with van der Waals surface area (Å²) < 4.78 is 0. The van der Waals surface area contributed by atoms with Crippen LogP contribution >= 0.6 is 11.3 Å². The van der Waals surface area contributed by atoms with E-state index in [4.69, 9.17) is 0 Å². The number of thiophene rings is 1. The lowest BCUT2D eigenvalue weighted by Gasteiger charge is -2.32. The molecule has 1 atom stereocenters. The third kappa shape index (κ3) is 5.61. The Kier molecular flexibility index (Phi) is 7.41. The second kappa shape index (κ2) is 10.8. The van der Waals surface area contributed by atoms with Crippen LogP contribution in [0.5, 0.6) is 0 Å². The van der Waals surface area contributed by atoms with E-state index in [0.29, 0.717) is 16.1 Å². The predicted molar refractivity (Wildman–Crippen MR) is 126 cm³/mol. The van der Waals surface area contributed by atoms with Crippen LogP contribution in [0.2, 0.25) is 0 Å². The molecule has 0 aromatic carbocycles. The second-order valence-corrected chi connectivity index (χ2v) is 8.76. The van der Waals surface area contributed by atoms with Crippen molar-refractivity contribution in [3.05, 3.63) is 77.0 Å². The minimum Gasteiger partial charge on any atom is -0.351 e. The van der Waals surface area contributed by atoms with Crippen molar-refractivity contribution in [3.8, 4) is 0 Å². The molecule has 1 unspecified atom stereocenters. The summed E-state index contributed by atoms with van der Waals surface area (Å²) in [5, 5.41) is 7.57. The van der Waals surface area contributed by atoms with Crippen LogP contribution < -0.4 is 15.5 Å². The van der Waals surface area contributed by atoms with Gasteiger partial charge in [-0.25, -0.2) is 0 Å². The van der Waals surface area contributed by atoms with Gasteiger partial charge in [0.2, 0.25) is 11.8 Å². The number of nitrogens with zero attached hydrogens (tertiary/aromatic N) is 3. The van der Waals surface area contributed by atoms with Gasteiger partial charge in [-0.15, -0.1) is 11.3 Å². The van der Waals surface area contributed by atoms with Gasteiger partial charge in [0.15, 0.2) is 0 Å². The zero-order chi connectivity index (χ0) is 23.0. The summed E-state index contributed by atoms with van der Waals surface area (Å²) in [6.07, 6.45) is 10.3. The van der Waals surface area contributed by atoms with Gasteiger partial charge < -0.3 is 10.6 Å². The fourth-order valence-corrected chi connectivity index (χ4v) is 4.62. The maximum Gasteiger partial charge on any atom is 0.261 e. The van der Waals surface area contributed by atoms with E-state index >= 15 is 0 Å². The molecule has 0 aliphatic heterocycles. The van der Waals surface area contributed by atoms with Gasteiger partial charge in [0.05, 0.1) is 23.3 Å². The van der Waals surface area contributed by atoms with Gasteiger partial charge in [0, 0.05) is 30.2 Å². The predicted octanol–water partition coefficient (Wildman–Crippen LogP) is 3.10. The first-order valence-electron chi connectivity index (χ1n) is 10.9. The molecular weight excluding hydrogens is 438 g/mol. The van der Waals surface area contributed by atoms with E-state index in [9.17, 15) is 14.4 Å². The summed E-state index contributed by atoms with van der Waals surface area (Å²) >= 11 is 1.29. The van der Waals surface area contributed by atoms with Crippen molar-refractivity contribution in [2.24, 2.45) is 0 Å². The van der Waals surface area contributed by atoms with Crippen LogP contribution in [0, 0.1) is 0 Å². The molecule has 1 saturated carbocycles. The van der Waals surface area contributed by atoms with Crippen molar-refractivity contribution in [1.29, 1.82) is 0 Å². The summed E-state index contributed by atoms with van der Waals surface area (Å²) in [4.78, 5) is 49.6. The number of amides is 3. The molecule has 170 valence electrons. The third-order valence-electron chi connectivity index (χ3n) is 5.55. The summed E-state index contributed by atoms with van der Waals surface area (Å²) in [7, 11) is 0. The fourth-order valence-electron chi connectivity index (χ4n) is 3.97. The van der Waals surface area contributed by atoms with E-state index in [1.165, 1.54) is 22.4 Å². The Labute approximate surface area is 196 Å². The van der Waals surface area contributed by atoms with Crippen LogP contribution in [0.25, 0.3) is 0 Å². The number of carbonyl (C=O) groups excluding carboxylic acids is 3. The Bertz CT molecular complexity index is 1070. The molecule has 3 heterocycles. The smallest absolute Gasteiger partial charge is 0.261 e. The quantitative estimate of drug-likeness (QED) is 0.534. The molecule has 33 heavy (non-hydrogen) atoms. The molecule has 0 saturated heterocycles. The van der Waals surface area contributed by atoms with Gasteiger partial charge in [0.25, 0.3) is 5.91 Å². The number of nitrogens with one attached hydrogen (secondary N) is 2. The molecule has 2 N–H and O–H groups in total. The van der Waals surface area contributed by atoms with Crippen LogP contribution in [-0.4, -0.2) is 40.3 Å². The van der Waals surface area contributed by atoms with Gasteiger partial charge >= 0.3 is 0 Å². The van der Waals surface area contributed by atoms with Crippen molar-refractivity contribution >= 4 is 34.7 Å². The van der Waals surface area contributed by atoms with Gasteiger partial charge in [-0.2, -0.15) is 0 Å². The topological polar surface area (TPSA) is 104 Å². The minimum absolute atomic E-state index is 0.0843. The van der Waals surface area contributed by atoms with Crippen molar-refractivity contribution in [3.63, 3.8) is 0 Å². The van der Waals surface area contributed by atoms with E-state index < -0.39 is 11.9 Å². The maximum absolute atomic E-state index is 13.5. The van der Waals surface area contributed by atoms with Gasteiger partial charge in [0.1, 0.15) is 6.04 Å². The molecule has 9 heteroatoms. The van der Waals surface area contributed by atoms with Crippen molar-refractivity contribution in [2.75, 3.05) is 11.4 Å². The number of aromatic nitrogens is 2. The lowest BCUT2D eigenvalue weighted by atomic mass is 10.0. The average molecular weight is 464 g/mol. The molecule has 4 rings (SSSR count).